The molecular weight excluding hydrogens is 482 g/mol. The summed E-state index contributed by atoms with van der Waals surface area (Å²) in [6, 6.07) is 36.8. The van der Waals surface area contributed by atoms with Crippen LogP contribution in [0.3, 0.4) is 0 Å². The minimum Gasteiger partial charge on any atom is -0.489 e. The molecule has 0 aliphatic rings. The van der Waals surface area contributed by atoms with E-state index in [4.69, 9.17) is 9.84 Å². The van der Waals surface area contributed by atoms with Crippen LogP contribution >= 0.6 is 12.4 Å². The van der Waals surface area contributed by atoms with Gasteiger partial charge in [0.05, 0.1) is 5.56 Å². The minimum atomic E-state index is -0.922. The molecule has 0 fully saturated rings. The lowest BCUT2D eigenvalue weighted by atomic mass is 9.88. The Hall–Kier alpha value is -3.60. The average molecular weight is 516 g/mol. The van der Waals surface area contributed by atoms with Crippen molar-refractivity contribution in [3.8, 4) is 5.75 Å². The molecule has 2 N–H and O–H groups in total. The van der Waals surface area contributed by atoms with Gasteiger partial charge in [0.2, 0.25) is 0 Å². The molecular formula is C32H34ClNO3. The molecule has 0 amide bonds. The first kappa shape index (κ1) is 28.0. The first-order valence-electron chi connectivity index (χ1n) is 12.5. The van der Waals surface area contributed by atoms with Crippen molar-refractivity contribution in [3.63, 3.8) is 0 Å². The Balaban J connectivity index is 0.00000380. The van der Waals surface area contributed by atoms with E-state index >= 15 is 0 Å². The van der Waals surface area contributed by atoms with E-state index in [0.29, 0.717) is 18.6 Å². The van der Waals surface area contributed by atoms with Crippen LogP contribution in [-0.4, -0.2) is 23.7 Å². The van der Waals surface area contributed by atoms with Gasteiger partial charge in [-0.05, 0) is 72.8 Å². The molecule has 1 unspecified atom stereocenters. The van der Waals surface area contributed by atoms with Gasteiger partial charge in [0, 0.05) is 12.0 Å². The molecule has 4 nitrogen and oxygen atoms in total. The number of nitrogens with one attached hydrogen (secondary N) is 1. The van der Waals surface area contributed by atoms with Crippen molar-refractivity contribution in [2.75, 3.05) is 6.54 Å². The van der Waals surface area contributed by atoms with Crippen LogP contribution in [-0.2, 0) is 13.0 Å². The number of carboxylic acid groups (broad SMARTS) is 1. The number of hydrogen-bond donors (Lipinski definition) is 2. The van der Waals surface area contributed by atoms with Gasteiger partial charge in [-0.1, -0.05) is 84.9 Å². The standard InChI is InChI=1S/C32H33NO3.ClH/c1-24(33-21-20-31(27-8-4-2-5-9-27)28-10-6-3-7-11-28)22-25-14-18-30(19-15-25)36-23-26-12-16-29(17-13-26)32(34)35;/h2-19,24,31,33H,20-23H2,1H3,(H,34,35);1H. The van der Waals surface area contributed by atoms with E-state index in [1.807, 2.05) is 12.1 Å². The summed E-state index contributed by atoms with van der Waals surface area (Å²) >= 11 is 0. The van der Waals surface area contributed by atoms with E-state index in [9.17, 15) is 4.79 Å². The SMILES string of the molecule is CC(Cc1ccc(OCc2ccc(C(=O)O)cc2)cc1)NCCC(c1ccccc1)c1ccccc1.Cl. The molecule has 0 aliphatic heterocycles. The molecule has 1 atom stereocenters. The lowest BCUT2D eigenvalue weighted by Crippen LogP contribution is -2.30. The summed E-state index contributed by atoms with van der Waals surface area (Å²) < 4.78 is 5.86. The molecule has 0 aliphatic carbocycles. The molecule has 0 aromatic heterocycles. The Kier molecular flexibility index (Phi) is 10.8. The molecule has 0 radical (unpaired) electrons. The third-order valence-corrected chi connectivity index (χ3v) is 6.40. The zero-order valence-corrected chi connectivity index (χ0v) is 21.9. The molecule has 37 heavy (non-hydrogen) atoms. The third kappa shape index (κ3) is 8.49. The highest BCUT2D eigenvalue weighted by atomic mass is 35.5. The summed E-state index contributed by atoms with van der Waals surface area (Å²) in [5.74, 6) is 0.257. The van der Waals surface area contributed by atoms with Gasteiger partial charge in [0.15, 0.2) is 0 Å². The van der Waals surface area contributed by atoms with Crippen LogP contribution in [0.2, 0.25) is 0 Å². The minimum absolute atomic E-state index is 0. The smallest absolute Gasteiger partial charge is 0.335 e. The van der Waals surface area contributed by atoms with Gasteiger partial charge in [0.1, 0.15) is 12.4 Å². The lowest BCUT2D eigenvalue weighted by Gasteiger charge is -2.20. The fourth-order valence-electron chi connectivity index (χ4n) is 4.43. The highest BCUT2D eigenvalue weighted by Gasteiger charge is 2.14. The fraction of sp³-hybridized carbons (Fsp3) is 0.219. The van der Waals surface area contributed by atoms with Gasteiger partial charge in [-0.15, -0.1) is 12.4 Å². The number of hydrogen-bond acceptors (Lipinski definition) is 3. The van der Waals surface area contributed by atoms with Gasteiger partial charge in [0.25, 0.3) is 0 Å². The molecule has 0 saturated heterocycles. The van der Waals surface area contributed by atoms with E-state index in [1.165, 1.54) is 16.7 Å². The van der Waals surface area contributed by atoms with Crippen molar-refractivity contribution < 1.29 is 14.6 Å². The second-order valence-electron chi connectivity index (χ2n) is 9.16. The summed E-state index contributed by atoms with van der Waals surface area (Å²) in [5.41, 5.74) is 5.18. The van der Waals surface area contributed by atoms with Crippen molar-refractivity contribution in [2.45, 2.75) is 38.3 Å². The van der Waals surface area contributed by atoms with Gasteiger partial charge in [-0.3, -0.25) is 0 Å². The Morgan fingerprint density at radius 2 is 1.32 bits per heavy atom. The molecule has 4 aromatic carbocycles. The Labute approximate surface area is 225 Å². The zero-order chi connectivity index (χ0) is 25.2. The van der Waals surface area contributed by atoms with Gasteiger partial charge >= 0.3 is 5.97 Å². The van der Waals surface area contributed by atoms with Gasteiger partial charge in [-0.2, -0.15) is 0 Å². The van der Waals surface area contributed by atoms with E-state index in [0.717, 1.165) is 30.7 Å². The maximum atomic E-state index is 11.0. The topological polar surface area (TPSA) is 58.6 Å². The van der Waals surface area contributed by atoms with Crippen molar-refractivity contribution in [3.05, 3.63) is 137 Å². The maximum absolute atomic E-state index is 11.0. The number of benzene rings is 4. The number of carbonyl (C=O) groups is 1. The van der Waals surface area contributed by atoms with Crippen LogP contribution in [0.5, 0.6) is 5.75 Å². The summed E-state index contributed by atoms with van der Waals surface area (Å²) in [6.45, 7) is 3.57. The summed E-state index contributed by atoms with van der Waals surface area (Å²) in [5, 5.41) is 12.7. The van der Waals surface area contributed by atoms with E-state index < -0.39 is 5.97 Å². The molecule has 0 spiro atoms. The lowest BCUT2D eigenvalue weighted by molar-refractivity contribution is 0.0697. The molecule has 0 saturated carbocycles. The monoisotopic (exact) mass is 515 g/mol. The van der Waals surface area contributed by atoms with Gasteiger partial charge in [-0.25, -0.2) is 4.79 Å². The van der Waals surface area contributed by atoms with Crippen LogP contribution < -0.4 is 10.1 Å². The number of rotatable bonds is 12. The largest absolute Gasteiger partial charge is 0.489 e. The number of ether oxygens (including phenoxy) is 1. The number of carboxylic acids is 1. The summed E-state index contributed by atoms with van der Waals surface area (Å²) in [7, 11) is 0. The average Bonchev–Trinajstić information content (AvgIpc) is 2.92. The van der Waals surface area contributed by atoms with Gasteiger partial charge < -0.3 is 15.2 Å². The second-order valence-corrected chi connectivity index (χ2v) is 9.16. The number of aromatic carboxylic acids is 1. The Bertz CT molecular complexity index is 1170. The highest BCUT2D eigenvalue weighted by molar-refractivity contribution is 5.87. The van der Waals surface area contributed by atoms with Crippen LogP contribution in [0, 0.1) is 0 Å². The predicted molar refractivity (Wildman–Crippen MR) is 152 cm³/mol. The Morgan fingerprint density at radius 1 is 0.784 bits per heavy atom. The van der Waals surface area contributed by atoms with Crippen molar-refractivity contribution in [1.29, 1.82) is 0 Å². The molecule has 4 aromatic rings. The third-order valence-electron chi connectivity index (χ3n) is 6.40. The van der Waals surface area contributed by atoms with Crippen LogP contribution in [0.25, 0.3) is 0 Å². The molecule has 0 heterocycles. The second kappa shape index (κ2) is 14.2. The number of halogens is 1. The normalized spacial score (nSPS) is 11.5. The quantitative estimate of drug-likeness (QED) is 0.211. The van der Waals surface area contributed by atoms with Crippen molar-refractivity contribution >= 4 is 18.4 Å². The first-order chi connectivity index (χ1) is 17.6. The molecule has 4 rings (SSSR count). The fourth-order valence-corrected chi connectivity index (χ4v) is 4.43. The zero-order valence-electron chi connectivity index (χ0n) is 21.0. The molecule has 192 valence electrons. The van der Waals surface area contributed by atoms with E-state index in [1.54, 1.807) is 24.3 Å². The van der Waals surface area contributed by atoms with Crippen molar-refractivity contribution in [1.82, 2.24) is 5.32 Å². The predicted octanol–water partition coefficient (Wildman–Crippen LogP) is 7.13. The van der Waals surface area contributed by atoms with E-state index in [2.05, 4.69) is 85.0 Å². The van der Waals surface area contributed by atoms with Crippen LogP contribution in [0.1, 0.15) is 51.9 Å². The van der Waals surface area contributed by atoms with Crippen molar-refractivity contribution in [2.24, 2.45) is 0 Å². The highest BCUT2D eigenvalue weighted by Crippen LogP contribution is 2.27. The molecule has 5 heteroatoms. The molecule has 0 bridgehead atoms. The summed E-state index contributed by atoms with van der Waals surface area (Å²) in [6.07, 6.45) is 1.98. The summed E-state index contributed by atoms with van der Waals surface area (Å²) in [4.78, 5) is 11.0. The maximum Gasteiger partial charge on any atom is 0.335 e. The van der Waals surface area contributed by atoms with E-state index in [-0.39, 0.29) is 18.0 Å². The van der Waals surface area contributed by atoms with Crippen LogP contribution in [0.15, 0.2) is 109 Å². The van der Waals surface area contributed by atoms with Crippen LogP contribution in [0.4, 0.5) is 0 Å². The first-order valence-corrected chi connectivity index (χ1v) is 12.5. The Morgan fingerprint density at radius 3 is 1.86 bits per heavy atom.